The minimum absolute atomic E-state index is 0.110. The zero-order valence-corrected chi connectivity index (χ0v) is 23.4. The van der Waals surface area contributed by atoms with Crippen molar-refractivity contribution in [3.05, 3.63) is 0 Å². The number of Topliss-reactive ketones (excluding diaryl/α,β-unsaturated/α-hetero) is 1. The molecular weight excluding hydrogens is 440 g/mol. The van der Waals surface area contributed by atoms with Crippen molar-refractivity contribution in [3.8, 4) is 0 Å². The lowest BCUT2D eigenvalue weighted by Crippen LogP contribution is -2.43. The van der Waals surface area contributed by atoms with Crippen LogP contribution in [0.2, 0.25) is 6.04 Å². The van der Waals surface area contributed by atoms with E-state index in [1.165, 1.54) is 69.5 Å². The van der Waals surface area contributed by atoms with Crippen molar-refractivity contribution in [2.45, 2.75) is 128 Å². The van der Waals surface area contributed by atoms with Crippen molar-refractivity contribution in [3.63, 3.8) is 0 Å². The van der Waals surface area contributed by atoms with Crippen LogP contribution in [0.15, 0.2) is 0 Å². The second-order valence-corrected chi connectivity index (χ2v) is 13.1. The van der Waals surface area contributed by atoms with E-state index in [4.69, 9.17) is 13.3 Å². The lowest BCUT2D eigenvalue weighted by atomic mass is 10.1. The summed E-state index contributed by atoms with van der Waals surface area (Å²) in [6, 6.07) is 0.655. The van der Waals surface area contributed by atoms with Crippen molar-refractivity contribution in [1.29, 1.82) is 0 Å². The van der Waals surface area contributed by atoms with E-state index in [-0.39, 0.29) is 16.1 Å². The summed E-state index contributed by atoms with van der Waals surface area (Å²) in [6.07, 6.45) is 17.5. The van der Waals surface area contributed by atoms with E-state index in [1.54, 1.807) is 21.3 Å². The van der Waals surface area contributed by atoms with Gasteiger partial charge in [-0.2, -0.15) is 0 Å². The Bertz CT molecular complexity index is 463. The number of unbranched alkanes of at least 4 members (excludes halogenated alkanes) is 11. The van der Waals surface area contributed by atoms with Crippen molar-refractivity contribution in [1.82, 2.24) is 0 Å². The summed E-state index contributed by atoms with van der Waals surface area (Å²) >= 11 is 1.23. The highest BCUT2D eigenvalue weighted by molar-refractivity contribution is 8.15. The molecule has 0 aromatic heterocycles. The maximum atomic E-state index is 12.6. The van der Waals surface area contributed by atoms with Crippen LogP contribution in [0.3, 0.4) is 0 Å². The average Bonchev–Trinajstić information content (AvgIpc) is 2.81. The number of rotatable bonds is 23. The van der Waals surface area contributed by atoms with Crippen LogP contribution in [0.4, 0.5) is 0 Å². The monoisotopic (exact) mass is 490 g/mol. The third-order valence-corrected chi connectivity index (χ3v) is 10.1. The predicted molar refractivity (Wildman–Crippen MR) is 138 cm³/mol. The van der Waals surface area contributed by atoms with Crippen LogP contribution in [0, 0.1) is 0 Å². The fourth-order valence-corrected chi connectivity index (χ4v) is 6.95. The summed E-state index contributed by atoms with van der Waals surface area (Å²) in [5, 5.41) is -0.162. The number of ketones is 1. The van der Waals surface area contributed by atoms with Gasteiger partial charge in [0.2, 0.25) is 5.78 Å². The molecule has 1 atom stereocenters. The largest absolute Gasteiger partial charge is 0.500 e. The normalized spacial score (nSPS) is 12.8. The van der Waals surface area contributed by atoms with Gasteiger partial charge >= 0.3 is 8.80 Å². The Morgan fingerprint density at radius 1 is 0.688 bits per heavy atom. The molecule has 0 saturated carbocycles. The topological polar surface area (TPSA) is 61.8 Å². The van der Waals surface area contributed by atoms with Crippen LogP contribution < -0.4 is 0 Å². The van der Waals surface area contributed by atoms with Gasteiger partial charge < -0.3 is 13.3 Å². The van der Waals surface area contributed by atoms with E-state index in [0.29, 0.717) is 12.5 Å². The Hall–Kier alpha value is -0.213. The number of carbonyl (C=O) groups excluding carboxylic acids is 2. The predicted octanol–water partition coefficient (Wildman–Crippen LogP) is 7.34. The molecule has 0 aromatic carbocycles. The van der Waals surface area contributed by atoms with Crippen LogP contribution >= 0.6 is 11.8 Å². The fourth-order valence-electron chi connectivity index (χ4n) is 3.87. The van der Waals surface area contributed by atoms with Gasteiger partial charge in [-0.1, -0.05) is 103 Å². The second kappa shape index (κ2) is 21.3. The van der Waals surface area contributed by atoms with Crippen LogP contribution in [0.25, 0.3) is 0 Å². The molecule has 0 aromatic rings. The van der Waals surface area contributed by atoms with E-state index in [2.05, 4.69) is 13.8 Å². The van der Waals surface area contributed by atoms with E-state index in [9.17, 15) is 9.59 Å². The minimum Gasteiger partial charge on any atom is -0.377 e. The first kappa shape index (κ1) is 31.8. The molecule has 0 amide bonds. The molecule has 0 aliphatic carbocycles. The van der Waals surface area contributed by atoms with Crippen molar-refractivity contribution in [2.24, 2.45) is 0 Å². The summed E-state index contributed by atoms with van der Waals surface area (Å²) < 4.78 is 16.6. The lowest BCUT2D eigenvalue weighted by molar-refractivity contribution is -0.131. The van der Waals surface area contributed by atoms with Crippen molar-refractivity contribution >= 4 is 31.5 Å². The quantitative estimate of drug-likeness (QED) is 0.0848. The average molecular weight is 491 g/mol. The maximum absolute atomic E-state index is 12.6. The third-order valence-electron chi connectivity index (χ3n) is 6.09. The van der Waals surface area contributed by atoms with Crippen molar-refractivity contribution in [2.75, 3.05) is 21.3 Å². The number of hydrogen-bond acceptors (Lipinski definition) is 6. The number of hydrogen-bond donors (Lipinski definition) is 0. The fraction of sp³-hybridized carbons (Fsp3) is 0.920. The van der Waals surface area contributed by atoms with E-state index >= 15 is 0 Å². The van der Waals surface area contributed by atoms with E-state index < -0.39 is 8.80 Å². The summed E-state index contributed by atoms with van der Waals surface area (Å²) in [7, 11) is 2.18. The molecule has 0 saturated heterocycles. The zero-order chi connectivity index (χ0) is 24.1. The Morgan fingerprint density at radius 2 is 1.16 bits per heavy atom. The number of carbonyl (C=O) groups is 2. The minimum atomic E-state index is -2.67. The SMILES string of the molecule is CCCCCCCCCCC(=O)C(=O)SC(CCCCCCC)CC[Si](OC)(OC)OC. The van der Waals surface area contributed by atoms with Gasteiger partial charge in [0.25, 0.3) is 5.12 Å². The molecule has 0 bridgehead atoms. The molecule has 32 heavy (non-hydrogen) atoms. The Kier molecular flexibility index (Phi) is 21.2. The molecule has 0 fully saturated rings. The van der Waals surface area contributed by atoms with E-state index in [1.807, 2.05) is 0 Å². The Balaban J connectivity index is 4.47. The molecule has 0 aliphatic rings. The van der Waals surface area contributed by atoms with Gasteiger partial charge in [0.15, 0.2) is 0 Å². The number of thioether (sulfide) groups is 1. The van der Waals surface area contributed by atoms with Crippen LogP contribution in [0.1, 0.15) is 117 Å². The molecule has 190 valence electrons. The van der Waals surface area contributed by atoms with Gasteiger partial charge in [-0.3, -0.25) is 9.59 Å². The highest BCUT2D eigenvalue weighted by Crippen LogP contribution is 2.28. The summed E-state index contributed by atoms with van der Waals surface area (Å²) in [6.45, 7) is 4.43. The molecule has 7 heteroatoms. The molecule has 0 N–H and O–H groups in total. The smallest absolute Gasteiger partial charge is 0.377 e. The van der Waals surface area contributed by atoms with Gasteiger partial charge in [0.1, 0.15) is 0 Å². The summed E-state index contributed by atoms with van der Waals surface area (Å²) in [4.78, 5) is 25.0. The first-order valence-electron chi connectivity index (χ1n) is 12.9. The molecule has 0 heterocycles. The van der Waals surface area contributed by atoms with Crippen LogP contribution in [0.5, 0.6) is 0 Å². The molecule has 1 unspecified atom stereocenters. The van der Waals surface area contributed by atoms with E-state index in [0.717, 1.165) is 38.5 Å². The van der Waals surface area contributed by atoms with Gasteiger partial charge in [-0.25, -0.2) is 0 Å². The molecular formula is C25H50O5SSi. The standard InChI is InChI=1S/C25H50O5SSi/c1-6-8-10-12-13-14-16-18-20-24(26)25(27)31-23(19-17-15-11-9-7-2)21-22-32(28-3,29-4)30-5/h23H,6-22H2,1-5H3. The molecule has 0 aliphatic heterocycles. The third kappa shape index (κ3) is 15.6. The Labute approximate surface area is 203 Å². The Morgan fingerprint density at radius 3 is 1.66 bits per heavy atom. The molecule has 0 radical (unpaired) electrons. The summed E-state index contributed by atoms with van der Waals surface area (Å²) in [5.41, 5.74) is 0. The van der Waals surface area contributed by atoms with Gasteiger partial charge in [-0.15, -0.1) is 0 Å². The van der Waals surface area contributed by atoms with Crippen molar-refractivity contribution < 1.29 is 22.9 Å². The first-order valence-corrected chi connectivity index (χ1v) is 15.7. The van der Waals surface area contributed by atoms with Gasteiger partial charge in [-0.05, 0) is 19.3 Å². The molecule has 0 rings (SSSR count). The van der Waals surface area contributed by atoms with Gasteiger partial charge in [0, 0.05) is 39.0 Å². The maximum Gasteiger partial charge on any atom is 0.500 e. The van der Waals surface area contributed by atoms with Crippen LogP contribution in [-0.2, 0) is 22.9 Å². The summed E-state index contributed by atoms with van der Waals surface area (Å²) in [5.74, 6) is -0.217. The lowest BCUT2D eigenvalue weighted by Gasteiger charge is -2.26. The highest BCUT2D eigenvalue weighted by Gasteiger charge is 2.38. The first-order chi connectivity index (χ1) is 15.5. The van der Waals surface area contributed by atoms with Gasteiger partial charge in [0.05, 0.1) is 0 Å². The zero-order valence-electron chi connectivity index (χ0n) is 21.5. The molecule has 5 nitrogen and oxygen atoms in total. The molecule has 0 spiro atoms. The van der Waals surface area contributed by atoms with Crippen LogP contribution in [-0.4, -0.2) is 46.3 Å². The second-order valence-electron chi connectivity index (χ2n) is 8.71. The highest BCUT2D eigenvalue weighted by atomic mass is 32.2.